The fourth-order valence-corrected chi connectivity index (χ4v) is 0.845. The van der Waals surface area contributed by atoms with Crippen molar-refractivity contribution in [1.29, 1.82) is 0 Å². The number of carboxylic acids is 1. The molecule has 0 atom stereocenters. The number of alkyl halides is 3. The second-order valence-electron chi connectivity index (χ2n) is 2.58. The van der Waals surface area contributed by atoms with Crippen LogP contribution >= 0.6 is 0 Å². The number of halogens is 3. The average molecular weight is 211 g/mol. The number of hydrogen-bond acceptors (Lipinski definition) is 3. The Bertz CT molecular complexity index is 337. The first-order chi connectivity index (χ1) is 6.39. The van der Waals surface area contributed by atoms with Gasteiger partial charge in [0.25, 0.3) is 0 Å². The molecule has 76 valence electrons. The van der Waals surface area contributed by atoms with Crippen LogP contribution in [-0.2, 0) is 17.4 Å². The Morgan fingerprint density at radius 3 is 2.33 bits per heavy atom. The molecular weight excluding hydrogens is 206 g/mol. The molecule has 1 aromatic heterocycles. The molecule has 0 aliphatic rings. The standard InChI is InChI=1S/C8H6F3NO2.Li/c9-8(10,11)5-1-2-6(12-4-5)3-7(13)14;/h1-2,4H,3H2,(H,13,14);/q;+1/p-1. The van der Waals surface area contributed by atoms with Crippen LogP contribution in [0.15, 0.2) is 18.3 Å². The normalized spacial score (nSPS) is 10.6. The van der Waals surface area contributed by atoms with Crippen molar-refractivity contribution in [2.75, 3.05) is 0 Å². The summed E-state index contributed by atoms with van der Waals surface area (Å²) in [5, 5.41) is 10.1. The van der Waals surface area contributed by atoms with Crippen LogP contribution in [0.4, 0.5) is 13.2 Å². The topological polar surface area (TPSA) is 53.0 Å². The van der Waals surface area contributed by atoms with Crippen molar-refractivity contribution < 1.29 is 41.9 Å². The summed E-state index contributed by atoms with van der Waals surface area (Å²) in [7, 11) is 0. The van der Waals surface area contributed by atoms with Crippen molar-refractivity contribution >= 4 is 5.97 Å². The molecule has 0 unspecified atom stereocenters. The number of hydrogen-bond donors (Lipinski definition) is 0. The molecule has 3 nitrogen and oxygen atoms in total. The number of carbonyl (C=O) groups is 1. The van der Waals surface area contributed by atoms with Gasteiger partial charge in [-0.25, -0.2) is 0 Å². The van der Waals surface area contributed by atoms with Gasteiger partial charge in [0.2, 0.25) is 0 Å². The van der Waals surface area contributed by atoms with Gasteiger partial charge >= 0.3 is 25.0 Å². The first-order valence-corrected chi connectivity index (χ1v) is 3.61. The summed E-state index contributed by atoms with van der Waals surface area (Å²) in [5.41, 5.74) is -0.863. The van der Waals surface area contributed by atoms with Crippen molar-refractivity contribution in [3.8, 4) is 0 Å². The largest absolute Gasteiger partial charge is 1.00 e. The van der Waals surface area contributed by atoms with Crippen LogP contribution < -0.4 is 24.0 Å². The van der Waals surface area contributed by atoms with Crippen LogP contribution in [0.5, 0.6) is 0 Å². The van der Waals surface area contributed by atoms with Gasteiger partial charge in [-0.05, 0) is 12.1 Å². The Labute approximate surface area is 95.5 Å². The molecule has 0 aliphatic heterocycles. The molecule has 0 amide bonds. The Balaban J connectivity index is 0.00000196. The Morgan fingerprint density at radius 2 is 2.00 bits per heavy atom. The second kappa shape index (κ2) is 5.19. The van der Waals surface area contributed by atoms with Gasteiger partial charge < -0.3 is 9.90 Å². The van der Waals surface area contributed by atoms with Crippen LogP contribution in [0.1, 0.15) is 11.3 Å². The van der Waals surface area contributed by atoms with Gasteiger partial charge in [-0.2, -0.15) is 13.2 Å². The molecule has 0 saturated carbocycles. The van der Waals surface area contributed by atoms with E-state index in [0.29, 0.717) is 6.20 Å². The maximum atomic E-state index is 12.0. The predicted octanol–water partition coefficient (Wildman–Crippen LogP) is -2.60. The predicted molar refractivity (Wildman–Crippen MR) is 38.0 cm³/mol. The number of nitrogens with zero attached hydrogens (tertiary/aromatic N) is 1. The number of carboxylic acid groups (broad SMARTS) is 1. The van der Waals surface area contributed by atoms with E-state index in [9.17, 15) is 23.1 Å². The van der Waals surface area contributed by atoms with Gasteiger partial charge in [0.1, 0.15) is 0 Å². The van der Waals surface area contributed by atoms with E-state index >= 15 is 0 Å². The van der Waals surface area contributed by atoms with Crippen molar-refractivity contribution in [1.82, 2.24) is 4.98 Å². The maximum absolute atomic E-state index is 12.0. The minimum atomic E-state index is -4.45. The summed E-state index contributed by atoms with van der Waals surface area (Å²) < 4.78 is 36.0. The molecule has 0 saturated heterocycles. The molecule has 15 heavy (non-hydrogen) atoms. The monoisotopic (exact) mass is 211 g/mol. The summed E-state index contributed by atoms with van der Waals surface area (Å²) >= 11 is 0. The Kier molecular flexibility index (Phi) is 4.85. The Morgan fingerprint density at radius 1 is 1.40 bits per heavy atom. The van der Waals surface area contributed by atoms with Crippen LogP contribution in [0, 0.1) is 0 Å². The zero-order valence-corrected chi connectivity index (χ0v) is 7.84. The molecule has 7 heteroatoms. The van der Waals surface area contributed by atoms with Gasteiger partial charge in [-0.3, -0.25) is 4.98 Å². The first-order valence-electron chi connectivity index (χ1n) is 3.61. The van der Waals surface area contributed by atoms with E-state index in [1.54, 1.807) is 0 Å². The molecule has 1 rings (SSSR count). The van der Waals surface area contributed by atoms with E-state index in [2.05, 4.69) is 4.98 Å². The quantitative estimate of drug-likeness (QED) is 0.504. The molecule has 0 bridgehead atoms. The minimum Gasteiger partial charge on any atom is -0.550 e. The summed E-state index contributed by atoms with van der Waals surface area (Å²) in [6.45, 7) is 0. The van der Waals surface area contributed by atoms with Crippen molar-refractivity contribution in [2.45, 2.75) is 12.6 Å². The summed E-state index contributed by atoms with van der Waals surface area (Å²) in [5.74, 6) is -1.38. The Hall–Kier alpha value is -0.993. The van der Waals surface area contributed by atoms with Gasteiger partial charge in [0.05, 0.1) is 5.56 Å². The smallest absolute Gasteiger partial charge is 0.550 e. The van der Waals surface area contributed by atoms with Crippen molar-refractivity contribution in [2.24, 2.45) is 0 Å². The molecule has 0 fully saturated rings. The third-order valence-corrected chi connectivity index (χ3v) is 1.48. The molecule has 0 aromatic carbocycles. The van der Waals surface area contributed by atoms with E-state index in [-0.39, 0.29) is 24.6 Å². The molecule has 0 radical (unpaired) electrons. The van der Waals surface area contributed by atoms with Crippen LogP contribution in [0.25, 0.3) is 0 Å². The zero-order chi connectivity index (χ0) is 10.8. The number of aromatic nitrogens is 1. The molecule has 0 aliphatic carbocycles. The average Bonchev–Trinajstić information content (AvgIpc) is 2.02. The number of pyridine rings is 1. The zero-order valence-electron chi connectivity index (χ0n) is 7.84. The van der Waals surface area contributed by atoms with E-state index < -0.39 is 24.1 Å². The van der Waals surface area contributed by atoms with Gasteiger partial charge in [0, 0.05) is 24.3 Å². The van der Waals surface area contributed by atoms with Gasteiger partial charge in [-0.1, -0.05) is 0 Å². The molecule has 0 N–H and O–H groups in total. The van der Waals surface area contributed by atoms with Crippen LogP contribution in [-0.4, -0.2) is 11.0 Å². The third kappa shape index (κ3) is 4.36. The number of aliphatic carboxylic acids is 1. The third-order valence-electron chi connectivity index (χ3n) is 1.48. The number of rotatable bonds is 2. The van der Waals surface area contributed by atoms with Crippen molar-refractivity contribution in [3.63, 3.8) is 0 Å². The van der Waals surface area contributed by atoms with Gasteiger partial charge in [0.15, 0.2) is 0 Å². The fraction of sp³-hybridized carbons (Fsp3) is 0.250. The van der Waals surface area contributed by atoms with E-state index in [1.165, 1.54) is 0 Å². The summed E-state index contributed by atoms with van der Waals surface area (Å²) in [6.07, 6.45) is -4.34. The SMILES string of the molecule is O=C([O-])Cc1ccc(C(F)(F)F)cn1.[Li+]. The summed E-state index contributed by atoms with van der Waals surface area (Å²) in [6, 6.07) is 1.80. The van der Waals surface area contributed by atoms with Crippen LogP contribution in [0.2, 0.25) is 0 Å². The van der Waals surface area contributed by atoms with E-state index in [1.807, 2.05) is 0 Å². The summed E-state index contributed by atoms with van der Waals surface area (Å²) in [4.78, 5) is 13.4. The first kappa shape index (κ1) is 14.0. The van der Waals surface area contributed by atoms with E-state index in [0.717, 1.165) is 12.1 Å². The molecule has 1 aromatic rings. The van der Waals surface area contributed by atoms with Crippen molar-refractivity contribution in [3.05, 3.63) is 29.6 Å². The van der Waals surface area contributed by atoms with E-state index in [4.69, 9.17) is 0 Å². The molecule has 0 spiro atoms. The van der Waals surface area contributed by atoms with Gasteiger partial charge in [-0.15, -0.1) is 0 Å². The molecule has 1 heterocycles. The van der Waals surface area contributed by atoms with Crippen LogP contribution in [0.3, 0.4) is 0 Å². The fourth-order valence-electron chi connectivity index (χ4n) is 0.845. The number of carbonyl (C=O) groups excluding carboxylic acids is 1. The second-order valence-corrected chi connectivity index (χ2v) is 2.58. The maximum Gasteiger partial charge on any atom is 1.00 e. The molecular formula is C8H5F3LiNO2. The minimum absolute atomic E-state index is 0.